The number of halogens is 2. The van der Waals surface area contributed by atoms with Gasteiger partial charge in [-0.1, -0.05) is 29.3 Å². The molecular formula is C14H13Cl2NOS. The third kappa shape index (κ3) is 4.53. The van der Waals surface area contributed by atoms with Gasteiger partial charge in [-0.2, -0.15) is 11.3 Å². The zero-order chi connectivity index (χ0) is 13.7. The third-order valence-electron chi connectivity index (χ3n) is 2.71. The normalized spacial score (nSPS) is 10.4. The topological polar surface area (TPSA) is 29.1 Å². The van der Waals surface area contributed by atoms with Gasteiger partial charge in [0.15, 0.2) is 0 Å². The summed E-state index contributed by atoms with van der Waals surface area (Å²) in [6, 6.07) is 7.30. The predicted molar refractivity (Wildman–Crippen MR) is 80.9 cm³/mol. The van der Waals surface area contributed by atoms with Crippen molar-refractivity contribution in [2.45, 2.75) is 19.4 Å². The van der Waals surface area contributed by atoms with Crippen molar-refractivity contribution in [1.82, 2.24) is 5.32 Å². The van der Waals surface area contributed by atoms with Gasteiger partial charge < -0.3 is 5.32 Å². The number of benzene rings is 1. The van der Waals surface area contributed by atoms with E-state index in [0.29, 0.717) is 23.0 Å². The average Bonchev–Trinajstić information content (AvgIpc) is 2.88. The number of nitrogens with one attached hydrogen (secondary N) is 1. The molecule has 0 unspecified atom stereocenters. The molecule has 0 aliphatic rings. The maximum atomic E-state index is 11.7. The highest BCUT2D eigenvalue weighted by Gasteiger charge is 2.05. The predicted octanol–water partition coefficient (Wildman–Crippen LogP) is 4.30. The molecule has 1 amide bonds. The lowest BCUT2D eigenvalue weighted by atomic mass is 10.2. The molecular weight excluding hydrogens is 301 g/mol. The van der Waals surface area contributed by atoms with Gasteiger partial charge in [0.05, 0.1) is 0 Å². The monoisotopic (exact) mass is 313 g/mol. The fourth-order valence-corrected chi connectivity index (χ4v) is 2.82. The Kier molecular flexibility index (Phi) is 5.25. The molecule has 5 heteroatoms. The minimum absolute atomic E-state index is 0.0252. The van der Waals surface area contributed by atoms with E-state index in [1.54, 1.807) is 23.5 Å². The van der Waals surface area contributed by atoms with E-state index in [0.717, 1.165) is 12.0 Å². The Morgan fingerprint density at radius 2 is 2.11 bits per heavy atom. The van der Waals surface area contributed by atoms with Crippen LogP contribution >= 0.6 is 34.5 Å². The number of thiophene rings is 1. The summed E-state index contributed by atoms with van der Waals surface area (Å²) in [6.45, 7) is 0.429. The first-order valence-electron chi connectivity index (χ1n) is 5.87. The number of amides is 1. The Hall–Kier alpha value is -1.03. The van der Waals surface area contributed by atoms with Gasteiger partial charge in [0.25, 0.3) is 0 Å². The Balaban J connectivity index is 1.80. The van der Waals surface area contributed by atoms with E-state index >= 15 is 0 Å². The zero-order valence-corrected chi connectivity index (χ0v) is 12.5. The largest absolute Gasteiger partial charge is 0.352 e. The SMILES string of the molecule is O=C(CCc1ccsc1)NCc1ccc(Cl)cc1Cl. The van der Waals surface area contributed by atoms with Crippen LogP contribution in [-0.2, 0) is 17.8 Å². The molecule has 0 fully saturated rings. The number of hydrogen-bond donors (Lipinski definition) is 1. The van der Waals surface area contributed by atoms with Crippen molar-refractivity contribution < 1.29 is 4.79 Å². The second kappa shape index (κ2) is 6.94. The van der Waals surface area contributed by atoms with E-state index < -0.39 is 0 Å². The van der Waals surface area contributed by atoms with Gasteiger partial charge in [0, 0.05) is 23.0 Å². The molecule has 100 valence electrons. The molecule has 0 spiro atoms. The van der Waals surface area contributed by atoms with Gasteiger partial charge in [-0.05, 0) is 46.5 Å². The number of rotatable bonds is 5. The highest BCUT2D eigenvalue weighted by Crippen LogP contribution is 2.20. The van der Waals surface area contributed by atoms with Crippen molar-refractivity contribution in [2.24, 2.45) is 0 Å². The Morgan fingerprint density at radius 3 is 2.79 bits per heavy atom. The first-order valence-corrected chi connectivity index (χ1v) is 7.57. The van der Waals surface area contributed by atoms with E-state index in [9.17, 15) is 4.79 Å². The summed E-state index contributed by atoms with van der Waals surface area (Å²) in [5, 5.41) is 8.10. The molecule has 0 atom stereocenters. The van der Waals surface area contributed by atoms with Crippen LogP contribution in [0.25, 0.3) is 0 Å². The third-order valence-corrected chi connectivity index (χ3v) is 4.03. The van der Waals surface area contributed by atoms with Gasteiger partial charge in [0.1, 0.15) is 0 Å². The molecule has 0 saturated heterocycles. The molecule has 0 aliphatic carbocycles. The number of hydrogen-bond acceptors (Lipinski definition) is 2. The van der Waals surface area contributed by atoms with Crippen LogP contribution in [0.15, 0.2) is 35.0 Å². The summed E-state index contributed by atoms with van der Waals surface area (Å²) in [5.41, 5.74) is 2.07. The van der Waals surface area contributed by atoms with Gasteiger partial charge in [-0.25, -0.2) is 0 Å². The van der Waals surface area contributed by atoms with Crippen LogP contribution in [0.1, 0.15) is 17.5 Å². The van der Waals surface area contributed by atoms with Gasteiger partial charge in [-0.3, -0.25) is 4.79 Å². The molecule has 1 N–H and O–H groups in total. The van der Waals surface area contributed by atoms with Crippen molar-refractivity contribution >= 4 is 40.4 Å². The van der Waals surface area contributed by atoms with Crippen LogP contribution in [0.3, 0.4) is 0 Å². The summed E-state index contributed by atoms with van der Waals surface area (Å²) in [7, 11) is 0. The van der Waals surface area contributed by atoms with Gasteiger partial charge in [-0.15, -0.1) is 0 Å². The van der Waals surface area contributed by atoms with E-state index in [-0.39, 0.29) is 5.91 Å². The number of aryl methyl sites for hydroxylation is 1. The van der Waals surface area contributed by atoms with Crippen LogP contribution in [-0.4, -0.2) is 5.91 Å². The highest BCUT2D eigenvalue weighted by molar-refractivity contribution is 7.07. The standard InChI is InChI=1S/C14H13Cl2NOS/c15-12-3-2-11(13(16)7-12)8-17-14(18)4-1-10-5-6-19-9-10/h2-3,5-7,9H,1,4,8H2,(H,17,18). The van der Waals surface area contributed by atoms with E-state index in [1.807, 2.05) is 17.5 Å². The van der Waals surface area contributed by atoms with Crippen molar-refractivity contribution in [1.29, 1.82) is 0 Å². The summed E-state index contributed by atoms with van der Waals surface area (Å²) >= 11 is 13.5. The van der Waals surface area contributed by atoms with Gasteiger partial charge >= 0.3 is 0 Å². The summed E-state index contributed by atoms with van der Waals surface area (Å²) < 4.78 is 0. The first kappa shape index (κ1) is 14.4. The maximum absolute atomic E-state index is 11.7. The Labute approximate surface area is 126 Å². The second-order valence-electron chi connectivity index (χ2n) is 4.14. The average molecular weight is 314 g/mol. The number of carbonyl (C=O) groups excluding carboxylic acids is 1. The van der Waals surface area contributed by atoms with Crippen molar-refractivity contribution in [3.63, 3.8) is 0 Å². The molecule has 1 aromatic carbocycles. The Morgan fingerprint density at radius 1 is 1.26 bits per heavy atom. The van der Waals surface area contributed by atoms with Crippen LogP contribution in [0.4, 0.5) is 0 Å². The quantitative estimate of drug-likeness (QED) is 0.876. The Bertz CT molecular complexity index is 555. The summed E-state index contributed by atoms with van der Waals surface area (Å²) in [5.74, 6) is 0.0252. The minimum atomic E-state index is 0.0252. The van der Waals surface area contributed by atoms with Crippen LogP contribution in [0.2, 0.25) is 10.0 Å². The highest BCUT2D eigenvalue weighted by atomic mass is 35.5. The van der Waals surface area contributed by atoms with E-state index in [1.165, 1.54) is 5.56 Å². The van der Waals surface area contributed by atoms with Crippen LogP contribution in [0, 0.1) is 0 Å². The molecule has 0 bridgehead atoms. The summed E-state index contributed by atoms with van der Waals surface area (Å²) in [4.78, 5) is 11.7. The second-order valence-corrected chi connectivity index (χ2v) is 5.77. The molecule has 2 nitrogen and oxygen atoms in total. The van der Waals surface area contributed by atoms with E-state index in [2.05, 4.69) is 10.7 Å². The molecule has 0 radical (unpaired) electrons. The van der Waals surface area contributed by atoms with Crippen molar-refractivity contribution in [3.8, 4) is 0 Å². The molecule has 2 aromatic rings. The molecule has 1 heterocycles. The van der Waals surface area contributed by atoms with Gasteiger partial charge in [0.2, 0.25) is 5.91 Å². The zero-order valence-electron chi connectivity index (χ0n) is 10.2. The smallest absolute Gasteiger partial charge is 0.220 e. The first-order chi connectivity index (χ1) is 9.15. The lowest BCUT2D eigenvalue weighted by Gasteiger charge is -2.07. The molecule has 1 aromatic heterocycles. The lowest BCUT2D eigenvalue weighted by molar-refractivity contribution is -0.121. The number of carbonyl (C=O) groups is 1. The molecule has 2 rings (SSSR count). The molecule has 19 heavy (non-hydrogen) atoms. The van der Waals surface area contributed by atoms with Crippen LogP contribution in [0.5, 0.6) is 0 Å². The van der Waals surface area contributed by atoms with Crippen molar-refractivity contribution in [2.75, 3.05) is 0 Å². The fourth-order valence-electron chi connectivity index (χ4n) is 1.64. The van der Waals surface area contributed by atoms with E-state index in [4.69, 9.17) is 23.2 Å². The van der Waals surface area contributed by atoms with Crippen molar-refractivity contribution in [3.05, 3.63) is 56.2 Å². The molecule has 0 aliphatic heterocycles. The lowest BCUT2D eigenvalue weighted by Crippen LogP contribution is -2.23. The maximum Gasteiger partial charge on any atom is 0.220 e. The van der Waals surface area contributed by atoms with Crippen LogP contribution < -0.4 is 5.32 Å². The molecule has 0 saturated carbocycles. The fraction of sp³-hybridized carbons (Fsp3) is 0.214. The summed E-state index contributed by atoms with van der Waals surface area (Å²) in [6.07, 6.45) is 1.26. The minimum Gasteiger partial charge on any atom is -0.352 e.